The van der Waals surface area contributed by atoms with Gasteiger partial charge in [0.1, 0.15) is 0 Å². The maximum absolute atomic E-state index is 11.4. The number of rotatable bonds is 5. The maximum Gasteiger partial charge on any atom is 0.522 e. The molecule has 0 aliphatic rings. The Bertz CT molecular complexity index is 236. The van der Waals surface area contributed by atoms with Gasteiger partial charge in [-0.15, -0.1) is 13.2 Å². The predicted molar refractivity (Wildman–Crippen MR) is 40.9 cm³/mol. The van der Waals surface area contributed by atoms with E-state index in [1.54, 1.807) is 0 Å². The molecule has 0 spiro atoms. The van der Waals surface area contributed by atoms with Crippen molar-refractivity contribution in [3.8, 4) is 0 Å². The average molecular weight is 241 g/mol. The summed E-state index contributed by atoms with van der Waals surface area (Å²) in [6, 6.07) is 0. The SMILES string of the molecule is O=S(=O)(Cl)CCCCOC(F)(F)F. The molecule has 13 heavy (non-hydrogen) atoms. The molecule has 80 valence electrons. The lowest BCUT2D eigenvalue weighted by atomic mass is 10.4. The number of ether oxygens (including phenoxy) is 1. The molecular formula is C5H8ClF3O3S. The van der Waals surface area contributed by atoms with Crippen molar-refractivity contribution in [3.63, 3.8) is 0 Å². The van der Waals surface area contributed by atoms with Gasteiger partial charge in [-0.05, 0) is 12.8 Å². The molecule has 8 heteroatoms. The Kier molecular flexibility index (Phi) is 5.01. The van der Waals surface area contributed by atoms with Crippen LogP contribution in [-0.4, -0.2) is 27.1 Å². The van der Waals surface area contributed by atoms with E-state index in [0.29, 0.717) is 0 Å². The van der Waals surface area contributed by atoms with E-state index in [1.165, 1.54) is 0 Å². The first-order valence-corrected chi connectivity index (χ1v) is 5.81. The third-order valence-corrected chi connectivity index (χ3v) is 2.29. The highest BCUT2D eigenvalue weighted by Gasteiger charge is 2.28. The van der Waals surface area contributed by atoms with Crippen molar-refractivity contribution in [3.05, 3.63) is 0 Å². The summed E-state index contributed by atoms with van der Waals surface area (Å²) in [7, 11) is 1.21. The Labute approximate surface area is 78.2 Å². The van der Waals surface area contributed by atoms with Crippen molar-refractivity contribution in [2.75, 3.05) is 12.4 Å². The van der Waals surface area contributed by atoms with Crippen LogP contribution in [0.4, 0.5) is 13.2 Å². The molecule has 0 aromatic rings. The fourth-order valence-electron chi connectivity index (χ4n) is 0.564. The molecule has 0 rings (SSSR count). The summed E-state index contributed by atoms with van der Waals surface area (Å²) in [6.07, 6.45) is -4.59. The fourth-order valence-corrected chi connectivity index (χ4v) is 1.44. The lowest BCUT2D eigenvalue weighted by Gasteiger charge is -2.05. The van der Waals surface area contributed by atoms with Gasteiger partial charge in [-0.3, -0.25) is 4.74 Å². The van der Waals surface area contributed by atoms with Gasteiger partial charge < -0.3 is 0 Å². The summed E-state index contributed by atoms with van der Waals surface area (Å²) in [5.41, 5.74) is 0. The Hall–Kier alpha value is -0.0100. The maximum atomic E-state index is 11.4. The lowest BCUT2D eigenvalue weighted by Crippen LogP contribution is -2.14. The fraction of sp³-hybridized carbons (Fsp3) is 1.00. The molecule has 0 atom stereocenters. The van der Waals surface area contributed by atoms with Gasteiger partial charge in [0, 0.05) is 10.7 Å². The first kappa shape index (κ1) is 13.0. The second kappa shape index (κ2) is 5.02. The van der Waals surface area contributed by atoms with E-state index in [9.17, 15) is 21.6 Å². The number of hydrogen-bond acceptors (Lipinski definition) is 3. The zero-order valence-corrected chi connectivity index (χ0v) is 8.05. The summed E-state index contributed by atoms with van der Waals surface area (Å²) in [5, 5.41) is 0. The van der Waals surface area contributed by atoms with Gasteiger partial charge in [-0.1, -0.05) is 0 Å². The normalized spacial score (nSPS) is 13.2. The Morgan fingerprint density at radius 1 is 1.23 bits per heavy atom. The number of hydrogen-bond donors (Lipinski definition) is 0. The highest BCUT2D eigenvalue weighted by Crippen LogP contribution is 2.16. The van der Waals surface area contributed by atoms with Crippen LogP contribution in [0.1, 0.15) is 12.8 Å². The molecule has 0 N–H and O–H groups in total. The van der Waals surface area contributed by atoms with E-state index in [-0.39, 0.29) is 18.6 Å². The monoisotopic (exact) mass is 240 g/mol. The molecule has 0 aliphatic heterocycles. The highest BCUT2D eigenvalue weighted by atomic mass is 35.7. The molecule has 0 aromatic carbocycles. The molecule has 0 amide bonds. The minimum atomic E-state index is -4.65. The molecule has 0 fully saturated rings. The Morgan fingerprint density at radius 2 is 1.77 bits per heavy atom. The van der Waals surface area contributed by atoms with E-state index < -0.39 is 22.0 Å². The van der Waals surface area contributed by atoms with Gasteiger partial charge in [0.05, 0.1) is 12.4 Å². The summed E-state index contributed by atoms with van der Waals surface area (Å²) in [6.45, 7) is -0.546. The van der Waals surface area contributed by atoms with E-state index in [0.717, 1.165) is 0 Å². The molecule has 0 aliphatic carbocycles. The standard InChI is InChI=1S/C5H8ClF3O3S/c6-13(10,11)4-2-1-3-12-5(7,8)9/h1-4H2. The molecule has 0 bridgehead atoms. The molecule has 0 heterocycles. The van der Waals surface area contributed by atoms with Crippen LogP contribution in [0.5, 0.6) is 0 Å². The van der Waals surface area contributed by atoms with Crippen molar-refractivity contribution < 1.29 is 26.3 Å². The second-order valence-corrected chi connectivity index (χ2v) is 5.14. The molecule has 0 saturated heterocycles. The summed E-state index contributed by atoms with van der Waals surface area (Å²) in [5.74, 6) is -0.338. The van der Waals surface area contributed by atoms with Crippen molar-refractivity contribution >= 4 is 19.7 Å². The largest absolute Gasteiger partial charge is 0.522 e. The third-order valence-electron chi connectivity index (χ3n) is 1.05. The van der Waals surface area contributed by atoms with Crippen LogP contribution >= 0.6 is 10.7 Å². The quantitative estimate of drug-likeness (QED) is 0.544. The minimum absolute atomic E-state index is 0.00542. The van der Waals surface area contributed by atoms with Crippen LogP contribution < -0.4 is 0 Å². The predicted octanol–water partition coefficient (Wildman–Crippen LogP) is 1.87. The molecular weight excluding hydrogens is 233 g/mol. The summed E-state index contributed by atoms with van der Waals surface area (Å²) in [4.78, 5) is 0. The third kappa shape index (κ3) is 12.0. The van der Waals surface area contributed by atoms with E-state index in [1.807, 2.05) is 0 Å². The van der Waals surface area contributed by atoms with Crippen molar-refractivity contribution in [2.24, 2.45) is 0 Å². The van der Waals surface area contributed by atoms with E-state index >= 15 is 0 Å². The van der Waals surface area contributed by atoms with Crippen LogP contribution in [0.3, 0.4) is 0 Å². The van der Waals surface area contributed by atoms with Crippen LogP contribution in [0.2, 0.25) is 0 Å². The molecule has 0 unspecified atom stereocenters. The van der Waals surface area contributed by atoms with Gasteiger partial charge >= 0.3 is 6.36 Å². The van der Waals surface area contributed by atoms with Gasteiger partial charge in [0.15, 0.2) is 0 Å². The number of alkyl halides is 3. The first-order chi connectivity index (χ1) is 5.71. The lowest BCUT2D eigenvalue weighted by molar-refractivity contribution is -0.324. The van der Waals surface area contributed by atoms with Crippen LogP contribution in [0.15, 0.2) is 0 Å². The zero-order valence-electron chi connectivity index (χ0n) is 6.47. The highest BCUT2D eigenvalue weighted by molar-refractivity contribution is 8.13. The smallest absolute Gasteiger partial charge is 0.292 e. The molecule has 0 aromatic heterocycles. The topological polar surface area (TPSA) is 43.4 Å². The summed E-state index contributed by atoms with van der Waals surface area (Å²) < 4.78 is 58.0. The van der Waals surface area contributed by atoms with Crippen molar-refractivity contribution in [2.45, 2.75) is 19.2 Å². The minimum Gasteiger partial charge on any atom is -0.292 e. The summed E-state index contributed by atoms with van der Waals surface area (Å²) >= 11 is 0. The van der Waals surface area contributed by atoms with Crippen LogP contribution in [0, 0.1) is 0 Å². The molecule has 0 saturated carbocycles. The average Bonchev–Trinajstić information content (AvgIpc) is 1.81. The van der Waals surface area contributed by atoms with Gasteiger partial charge in [0.25, 0.3) is 0 Å². The van der Waals surface area contributed by atoms with Gasteiger partial charge in [-0.2, -0.15) is 0 Å². The first-order valence-electron chi connectivity index (χ1n) is 3.34. The van der Waals surface area contributed by atoms with Gasteiger partial charge in [0.2, 0.25) is 9.05 Å². The number of halogens is 4. The molecule has 3 nitrogen and oxygen atoms in total. The van der Waals surface area contributed by atoms with Crippen LogP contribution in [-0.2, 0) is 13.8 Å². The second-order valence-electron chi connectivity index (χ2n) is 2.24. The number of unbranched alkanes of at least 4 members (excludes halogenated alkanes) is 1. The van der Waals surface area contributed by atoms with E-state index in [2.05, 4.69) is 4.74 Å². The Balaban J connectivity index is 3.39. The zero-order chi connectivity index (χ0) is 10.5. The van der Waals surface area contributed by atoms with Gasteiger partial charge in [-0.25, -0.2) is 8.42 Å². The van der Waals surface area contributed by atoms with Crippen LogP contribution in [0.25, 0.3) is 0 Å². The van der Waals surface area contributed by atoms with Crippen molar-refractivity contribution in [1.82, 2.24) is 0 Å². The Morgan fingerprint density at radius 3 is 2.15 bits per heavy atom. The van der Waals surface area contributed by atoms with Crippen molar-refractivity contribution in [1.29, 1.82) is 0 Å². The molecule has 0 radical (unpaired) electrons. The van der Waals surface area contributed by atoms with E-state index in [4.69, 9.17) is 10.7 Å².